The lowest BCUT2D eigenvalue weighted by atomic mass is 9.94. The summed E-state index contributed by atoms with van der Waals surface area (Å²) in [5, 5.41) is 7.08. The Morgan fingerprint density at radius 1 is 0.597 bits per heavy atom. The molecule has 12 atom stereocenters. The third-order valence-corrected chi connectivity index (χ3v) is 8.86. The SMILES string of the molecule is CC(=O)N[C@H]1[C@H](OC[C@H](NC(=O)OCC(Cl)(Cl)Cl)C(=O)N[C@@H](C)C(=O)OC(C)(C)C)O[C@H](COC(C)=O)[C@@H](O[C@@H]2O[C@H](COC(C)=O)[C@@H](OC(C)=O)[C@H](OC(C)=O)[C@H]2OC(C)=O)[C@@H]1OC(C)=O. The van der Waals surface area contributed by atoms with Gasteiger partial charge in [0.2, 0.25) is 15.6 Å². The van der Waals surface area contributed by atoms with Gasteiger partial charge in [0.15, 0.2) is 37.0 Å². The molecule has 0 spiro atoms. The van der Waals surface area contributed by atoms with E-state index in [1.165, 1.54) is 6.92 Å². The summed E-state index contributed by atoms with van der Waals surface area (Å²) in [6, 6.07) is -4.73. The van der Waals surface area contributed by atoms with Crippen LogP contribution in [0.15, 0.2) is 0 Å². The maximum atomic E-state index is 13.7. The number of amides is 3. The molecule has 0 aromatic rings. The molecule has 28 heteroatoms. The summed E-state index contributed by atoms with van der Waals surface area (Å²) in [7, 11) is 0. The molecule has 0 aromatic carbocycles. The van der Waals surface area contributed by atoms with Crippen LogP contribution in [0.5, 0.6) is 0 Å². The van der Waals surface area contributed by atoms with Crippen LogP contribution in [0.1, 0.15) is 76.2 Å². The van der Waals surface area contributed by atoms with Crippen LogP contribution < -0.4 is 16.0 Å². The fraction of sp³-hybridized carbons (Fsp3) is 0.744. The zero-order chi connectivity index (χ0) is 51.1. The molecule has 2 aliphatic rings. The Kier molecular flexibility index (Phi) is 22.7. The first-order valence-electron chi connectivity index (χ1n) is 20.2. The highest BCUT2D eigenvalue weighted by Crippen LogP contribution is 2.35. The van der Waals surface area contributed by atoms with Crippen molar-refractivity contribution in [2.75, 3.05) is 26.4 Å². The van der Waals surface area contributed by atoms with Crippen LogP contribution in [0.4, 0.5) is 4.79 Å². The minimum atomic E-state index is -2.07. The third-order valence-electron chi connectivity index (χ3n) is 8.53. The first-order chi connectivity index (χ1) is 30.9. The van der Waals surface area contributed by atoms with E-state index in [0.29, 0.717) is 0 Å². The summed E-state index contributed by atoms with van der Waals surface area (Å²) >= 11 is 17.1. The van der Waals surface area contributed by atoms with Crippen LogP contribution in [-0.2, 0) is 100.0 Å². The molecule has 0 bridgehead atoms. The predicted octanol–water partition coefficient (Wildman–Crippen LogP) is 0.507. The molecular formula is C39H56Cl3N3O22. The molecule has 2 aliphatic heterocycles. The van der Waals surface area contributed by atoms with Crippen LogP contribution in [0.3, 0.4) is 0 Å². The van der Waals surface area contributed by atoms with Crippen molar-refractivity contribution in [2.45, 2.75) is 159 Å². The van der Waals surface area contributed by atoms with Crippen LogP contribution in [0.2, 0.25) is 0 Å². The Labute approximate surface area is 399 Å². The number of alkyl carbamates (subject to hydrolysis) is 1. The van der Waals surface area contributed by atoms with Crippen molar-refractivity contribution < 1.29 is 105 Å². The molecule has 0 radical (unpaired) electrons. The van der Waals surface area contributed by atoms with Gasteiger partial charge in [-0.2, -0.15) is 0 Å². The molecule has 2 saturated heterocycles. The second kappa shape index (κ2) is 26.1. The van der Waals surface area contributed by atoms with Crippen LogP contribution in [-0.4, -0.2) is 169 Å². The van der Waals surface area contributed by atoms with Crippen molar-refractivity contribution in [3.8, 4) is 0 Å². The fourth-order valence-corrected chi connectivity index (χ4v) is 6.35. The molecule has 2 heterocycles. The maximum absolute atomic E-state index is 13.7. The van der Waals surface area contributed by atoms with Crippen LogP contribution in [0, 0.1) is 0 Å². The number of nitrogens with one attached hydrogen (secondary N) is 3. The summed E-state index contributed by atoms with van der Waals surface area (Å²) in [5.41, 5.74) is -0.954. The molecule has 380 valence electrons. The van der Waals surface area contributed by atoms with Gasteiger partial charge in [0.25, 0.3) is 0 Å². The van der Waals surface area contributed by atoms with Gasteiger partial charge in [0.05, 0.1) is 6.61 Å². The van der Waals surface area contributed by atoms with Gasteiger partial charge in [-0.15, -0.1) is 0 Å². The molecule has 0 aromatic heterocycles. The van der Waals surface area contributed by atoms with Crippen molar-refractivity contribution >= 4 is 94.5 Å². The molecule has 25 nitrogen and oxygen atoms in total. The number of carbonyl (C=O) groups excluding carboxylic acids is 10. The monoisotopic (exact) mass is 1020 g/mol. The van der Waals surface area contributed by atoms with Gasteiger partial charge < -0.3 is 72.8 Å². The highest BCUT2D eigenvalue weighted by atomic mass is 35.6. The van der Waals surface area contributed by atoms with Crippen LogP contribution in [0.25, 0.3) is 0 Å². The Bertz CT molecular complexity index is 1810. The summed E-state index contributed by atoms with van der Waals surface area (Å²) in [6.45, 7) is 10.1. The highest BCUT2D eigenvalue weighted by molar-refractivity contribution is 6.67. The van der Waals surface area contributed by atoms with Crippen molar-refractivity contribution in [3.05, 3.63) is 0 Å². The molecule has 3 amide bonds. The number of carbonyl (C=O) groups is 10. The minimum absolute atomic E-state index is 0.662. The van der Waals surface area contributed by atoms with E-state index in [1.54, 1.807) is 20.8 Å². The van der Waals surface area contributed by atoms with Gasteiger partial charge in [0, 0.05) is 48.5 Å². The summed E-state index contributed by atoms with van der Waals surface area (Å²) in [4.78, 5) is 126. The van der Waals surface area contributed by atoms with Crippen molar-refractivity contribution in [3.63, 3.8) is 0 Å². The standard InChI is InChI=1S/C39H56Cl3N3O22/c1-16(34(54)67-38(9,10)11)43-33(53)24(45-37(55)59-15-39(40,41)42)12-58-35-27(44-17(2)46)30(61-21(6)50)28(25(64-35)13-56-18(3)47)66-36-32(63-23(8)52)31(62-22(7)51)29(60-20(5)49)26(65-36)14-57-19(4)48/h16,24-32,35-36H,12-15H2,1-11H3,(H,43,53)(H,44,46)(H,45,55)/t16-,24-,25+,26+,27+,28+,29+,30+,31-,32+,35+,36-/m0/s1. The summed E-state index contributed by atoms with van der Waals surface area (Å²) in [6.07, 6.45) is -16.9. The van der Waals surface area contributed by atoms with Crippen molar-refractivity contribution in [2.24, 2.45) is 0 Å². The first kappa shape index (κ1) is 58.3. The Hall–Kier alpha value is -4.79. The molecule has 0 saturated carbocycles. The lowest BCUT2D eigenvalue weighted by Gasteiger charge is -2.49. The molecule has 2 rings (SSSR count). The van der Waals surface area contributed by atoms with Crippen LogP contribution >= 0.6 is 34.8 Å². The van der Waals surface area contributed by atoms with E-state index in [9.17, 15) is 47.9 Å². The second-order valence-corrected chi connectivity index (χ2v) is 18.3. The molecule has 2 fully saturated rings. The Balaban J connectivity index is 2.75. The molecule has 0 aliphatic carbocycles. The second-order valence-electron chi connectivity index (χ2n) is 15.8. The average molecular weight is 1030 g/mol. The quantitative estimate of drug-likeness (QED) is 0.0901. The number of hydrogen-bond donors (Lipinski definition) is 3. The molecule has 67 heavy (non-hydrogen) atoms. The lowest BCUT2D eigenvalue weighted by molar-refractivity contribution is -0.350. The predicted molar refractivity (Wildman–Crippen MR) is 223 cm³/mol. The van der Waals surface area contributed by atoms with Crippen molar-refractivity contribution in [1.29, 1.82) is 0 Å². The number of alkyl halides is 3. The lowest BCUT2D eigenvalue weighted by Crippen LogP contribution is -2.69. The maximum Gasteiger partial charge on any atom is 0.408 e. The van der Waals surface area contributed by atoms with E-state index in [-0.39, 0.29) is 0 Å². The van der Waals surface area contributed by atoms with E-state index >= 15 is 0 Å². The van der Waals surface area contributed by atoms with E-state index in [1.807, 2.05) is 0 Å². The number of rotatable bonds is 19. The van der Waals surface area contributed by atoms with Gasteiger partial charge in [-0.05, 0) is 27.7 Å². The fourth-order valence-electron chi connectivity index (χ4n) is 6.19. The zero-order valence-corrected chi connectivity index (χ0v) is 40.6. The van der Waals surface area contributed by atoms with Crippen molar-refractivity contribution in [1.82, 2.24) is 16.0 Å². The Morgan fingerprint density at radius 3 is 1.55 bits per heavy atom. The van der Waals surface area contributed by atoms with Gasteiger partial charge in [-0.1, -0.05) is 34.8 Å². The van der Waals surface area contributed by atoms with Gasteiger partial charge in [-0.25, -0.2) is 9.59 Å². The number of ether oxygens (including phenoxy) is 12. The molecular weight excluding hydrogens is 969 g/mol. The summed E-state index contributed by atoms with van der Waals surface area (Å²) < 4.78 is 65.2. The van der Waals surface area contributed by atoms with E-state index in [2.05, 4.69) is 16.0 Å². The largest absolute Gasteiger partial charge is 0.463 e. The topological polar surface area (TPSA) is 318 Å². The number of halogens is 3. The van der Waals surface area contributed by atoms with E-state index < -0.39 is 169 Å². The summed E-state index contributed by atoms with van der Waals surface area (Å²) in [5.74, 6) is -8.30. The van der Waals surface area contributed by atoms with Gasteiger partial charge in [0.1, 0.15) is 61.9 Å². The highest BCUT2D eigenvalue weighted by Gasteiger charge is 2.57. The normalized spacial score (nSPS) is 25.9. The smallest absolute Gasteiger partial charge is 0.408 e. The average Bonchev–Trinajstić information content (AvgIpc) is 3.16. The van der Waals surface area contributed by atoms with E-state index in [4.69, 9.17) is 91.6 Å². The first-order valence-corrected chi connectivity index (χ1v) is 21.3. The van der Waals surface area contributed by atoms with Gasteiger partial charge >= 0.3 is 47.9 Å². The van der Waals surface area contributed by atoms with E-state index in [0.717, 1.165) is 48.5 Å². The Morgan fingerprint density at radius 2 is 1.07 bits per heavy atom. The molecule has 3 N–H and O–H groups in total. The minimum Gasteiger partial charge on any atom is -0.463 e. The number of hydrogen-bond acceptors (Lipinski definition) is 22. The van der Waals surface area contributed by atoms with Gasteiger partial charge in [-0.3, -0.25) is 38.4 Å². The number of esters is 7. The zero-order valence-electron chi connectivity index (χ0n) is 38.4. The third kappa shape index (κ3) is 20.9. The molecule has 0 unspecified atom stereocenters.